The Morgan fingerprint density at radius 2 is 1.83 bits per heavy atom. The van der Waals surface area contributed by atoms with Gasteiger partial charge in [0, 0.05) is 6.07 Å². The number of nitrogens with zero attached hydrogens (tertiary/aromatic N) is 1. The fraction of sp³-hybridized carbons (Fsp3) is 0.143. The van der Waals surface area contributed by atoms with Crippen LogP contribution in [0.5, 0.6) is 5.75 Å². The molecule has 1 rings (SSSR count). The van der Waals surface area contributed by atoms with Crippen molar-refractivity contribution in [2.24, 2.45) is 0 Å². The first-order valence-corrected chi connectivity index (χ1v) is 5.40. The van der Waals surface area contributed by atoms with Crippen molar-refractivity contribution in [3.63, 3.8) is 0 Å². The monoisotopic (exact) mass is 289 g/mol. The van der Waals surface area contributed by atoms with Gasteiger partial charge in [-0.3, -0.25) is 10.1 Å². The van der Waals surface area contributed by atoms with Crippen molar-refractivity contribution in [2.75, 3.05) is 0 Å². The van der Waals surface area contributed by atoms with E-state index in [4.69, 9.17) is 0 Å². The first-order chi connectivity index (χ1) is 8.04. The summed E-state index contributed by atoms with van der Waals surface area (Å²) in [6.45, 7) is 0. The molecule has 0 N–H and O–H groups in total. The molecule has 0 heterocycles. The van der Waals surface area contributed by atoms with E-state index in [1.165, 1.54) is 0 Å². The molecule has 0 spiro atoms. The number of halogens is 4. The molecule has 0 bridgehead atoms. The Kier molecular flexibility index (Phi) is 3.46. The van der Waals surface area contributed by atoms with Crippen LogP contribution in [0.2, 0.25) is 0 Å². The number of nitro groups is 1. The van der Waals surface area contributed by atoms with E-state index in [1.807, 2.05) is 0 Å². The van der Waals surface area contributed by atoms with Crippen LogP contribution in [0.25, 0.3) is 0 Å². The van der Waals surface area contributed by atoms with E-state index in [1.54, 1.807) is 0 Å². The van der Waals surface area contributed by atoms with Gasteiger partial charge in [-0.1, -0.05) is 0 Å². The summed E-state index contributed by atoms with van der Waals surface area (Å²) in [5, 5.41) is 10.3. The van der Waals surface area contributed by atoms with Gasteiger partial charge in [-0.2, -0.15) is 21.6 Å². The van der Waals surface area contributed by atoms with E-state index in [0.29, 0.717) is 12.1 Å². The van der Waals surface area contributed by atoms with E-state index in [9.17, 15) is 36.1 Å². The third kappa shape index (κ3) is 2.85. The molecule has 0 saturated carbocycles. The number of benzene rings is 1. The average molecular weight is 289 g/mol. The van der Waals surface area contributed by atoms with Crippen molar-refractivity contribution >= 4 is 15.8 Å². The van der Waals surface area contributed by atoms with Crippen molar-refractivity contribution in [2.45, 2.75) is 5.51 Å². The molecule has 0 saturated heterocycles. The second-order valence-corrected chi connectivity index (χ2v) is 4.39. The zero-order valence-electron chi connectivity index (χ0n) is 8.14. The molecule has 0 unspecified atom stereocenters. The quantitative estimate of drug-likeness (QED) is 0.279. The number of non-ortho nitro benzene ring substituents is 1. The predicted molar refractivity (Wildman–Crippen MR) is 48.7 cm³/mol. The minimum absolute atomic E-state index is 0.235. The Balaban J connectivity index is 3.20. The maximum absolute atomic E-state index is 13.0. The molecular formula is C7H3F4NO5S. The van der Waals surface area contributed by atoms with E-state index in [2.05, 4.69) is 4.18 Å². The fourth-order valence-electron chi connectivity index (χ4n) is 0.835. The average Bonchev–Trinajstić information content (AvgIpc) is 2.18. The van der Waals surface area contributed by atoms with Gasteiger partial charge in [-0.05, 0) is 6.07 Å². The fourth-order valence-corrected chi connectivity index (χ4v) is 1.29. The van der Waals surface area contributed by atoms with Gasteiger partial charge in [0.25, 0.3) is 5.69 Å². The Morgan fingerprint density at radius 3 is 2.28 bits per heavy atom. The van der Waals surface area contributed by atoms with Crippen molar-refractivity contribution in [3.05, 3.63) is 34.1 Å². The summed E-state index contributed by atoms with van der Waals surface area (Å²) >= 11 is 0. The largest absolute Gasteiger partial charge is 0.534 e. The highest BCUT2D eigenvalue weighted by Gasteiger charge is 2.49. The van der Waals surface area contributed by atoms with Crippen LogP contribution in [-0.4, -0.2) is 18.8 Å². The molecule has 18 heavy (non-hydrogen) atoms. The van der Waals surface area contributed by atoms with E-state index < -0.39 is 37.8 Å². The summed E-state index contributed by atoms with van der Waals surface area (Å²) in [5.41, 5.74) is -6.58. The minimum Gasteiger partial charge on any atom is -0.373 e. The van der Waals surface area contributed by atoms with Gasteiger partial charge in [0.2, 0.25) is 0 Å². The van der Waals surface area contributed by atoms with Crippen LogP contribution in [0.3, 0.4) is 0 Å². The van der Waals surface area contributed by atoms with Gasteiger partial charge in [0.15, 0.2) is 11.6 Å². The third-order valence-corrected chi connectivity index (χ3v) is 2.57. The standard InChI is InChI=1S/C7H3F4NO5S/c8-5-2-1-4(12(13)14)3-6(5)17-18(15,16)7(9,10)11/h1-3H. The van der Waals surface area contributed by atoms with Gasteiger partial charge in [0.1, 0.15) is 0 Å². The second kappa shape index (κ2) is 4.40. The van der Waals surface area contributed by atoms with Crippen molar-refractivity contribution in [1.82, 2.24) is 0 Å². The molecule has 0 aromatic heterocycles. The molecule has 0 aliphatic rings. The lowest BCUT2D eigenvalue weighted by atomic mass is 10.3. The molecule has 0 fully saturated rings. The first-order valence-electron chi connectivity index (χ1n) is 3.99. The lowest BCUT2D eigenvalue weighted by Crippen LogP contribution is -2.28. The molecule has 6 nitrogen and oxygen atoms in total. The Labute approximate surface area is 97.1 Å². The molecule has 0 radical (unpaired) electrons. The van der Waals surface area contributed by atoms with Crippen molar-refractivity contribution in [1.29, 1.82) is 0 Å². The Morgan fingerprint density at radius 1 is 1.28 bits per heavy atom. The number of alkyl halides is 3. The second-order valence-electron chi connectivity index (χ2n) is 2.86. The van der Waals surface area contributed by atoms with Gasteiger partial charge in [-0.15, -0.1) is 0 Å². The van der Waals surface area contributed by atoms with E-state index in [0.717, 1.165) is 0 Å². The van der Waals surface area contributed by atoms with Gasteiger partial charge >= 0.3 is 15.6 Å². The summed E-state index contributed by atoms with van der Waals surface area (Å²) < 4.78 is 73.4. The summed E-state index contributed by atoms with van der Waals surface area (Å²) in [4.78, 5) is 9.23. The molecule has 0 aliphatic carbocycles. The number of nitro benzene ring substituents is 1. The van der Waals surface area contributed by atoms with Gasteiger partial charge < -0.3 is 4.18 Å². The van der Waals surface area contributed by atoms with Crippen LogP contribution in [0.4, 0.5) is 23.2 Å². The normalized spacial score (nSPS) is 12.2. The molecule has 0 atom stereocenters. The van der Waals surface area contributed by atoms with Crippen molar-refractivity contribution < 1.29 is 35.1 Å². The van der Waals surface area contributed by atoms with Crippen molar-refractivity contribution in [3.8, 4) is 5.75 Å². The van der Waals surface area contributed by atoms with E-state index in [-0.39, 0.29) is 6.07 Å². The van der Waals surface area contributed by atoms with Crippen LogP contribution in [0.1, 0.15) is 0 Å². The summed E-state index contributed by atoms with van der Waals surface area (Å²) in [6.07, 6.45) is 0. The van der Waals surface area contributed by atoms with Crippen LogP contribution in [0.15, 0.2) is 18.2 Å². The zero-order valence-corrected chi connectivity index (χ0v) is 8.96. The highest BCUT2D eigenvalue weighted by molar-refractivity contribution is 7.88. The molecule has 0 amide bonds. The molecular weight excluding hydrogens is 286 g/mol. The highest BCUT2D eigenvalue weighted by atomic mass is 32.2. The van der Waals surface area contributed by atoms with Crippen LogP contribution in [-0.2, 0) is 10.1 Å². The highest BCUT2D eigenvalue weighted by Crippen LogP contribution is 2.30. The lowest BCUT2D eigenvalue weighted by molar-refractivity contribution is -0.385. The predicted octanol–water partition coefficient (Wildman–Crippen LogP) is 1.96. The van der Waals surface area contributed by atoms with Gasteiger partial charge in [-0.25, -0.2) is 4.39 Å². The van der Waals surface area contributed by atoms with Crippen LogP contribution < -0.4 is 4.18 Å². The molecule has 11 heteroatoms. The maximum Gasteiger partial charge on any atom is 0.534 e. The maximum atomic E-state index is 13.0. The Bertz CT molecular complexity index is 582. The number of rotatable bonds is 3. The SMILES string of the molecule is O=[N+]([O-])c1ccc(F)c(OS(=O)(=O)C(F)(F)F)c1. The third-order valence-electron chi connectivity index (χ3n) is 1.61. The smallest absolute Gasteiger partial charge is 0.373 e. The van der Waals surface area contributed by atoms with E-state index >= 15 is 0 Å². The number of hydrogen-bond donors (Lipinski definition) is 0. The number of hydrogen-bond acceptors (Lipinski definition) is 5. The summed E-state index contributed by atoms with van der Waals surface area (Å²) in [7, 11) is -6.08. The van der Waals surface area contributed by atoms with Crippen LogP contribution >= 0.6 is 0 Å². The van der Waals surface area contributed by atoms with Crippen LogP contribution in [0, 0.1) is 15.9 Å². The summed E-state index contributed by atoms with van der Waals surface area (Å²) in [5.74, 6) is -2.88. The molecule has 1 aromatic rings. The summed E-state index contributed by atoms with van der Waals surface area (Å²) in [6, 6.07) is 1.29. The lowest BCUT2D eigenvalue weighted by Gasteiger charge is -2.09. The Hall–Kier alpha value is -1.91. The topological polar surface area (TPSA) is 86.5 Å². The zero-order chi connectivity index (χ0) is 14.1. The minimum atomic E-state index is -6.08. The molecule has 0 aliphatic heterocycles. The van der Waals surface area contributed by atoms with Gasteiger partial charge in [0.05, 0.1) is 11.0 Å². The molecule has 100 valence electrons. The molecule has 1 aromatic carbocycles. The first kappa shape index (κ1) is 14.2.